The highest BCUT2D eigenvalue weighted by Gasteiger charge is 2.51. The minimum atomic E-state index is -0.839. The van der Waals surface area contributed by atoms with Crippen molar-refractivity contribution >= 4 is 11.9 Å². The Labute approximate surface area is 126 Å². The molecule has 0 radical (unpaired) electrons. The predicted molar refractivity (Wildman–Crippen MR) is 78.8 cm³/mol. The lowest BCUT2D eigenvalue weighted by Crippen LogP contribution is -2.62. The summed E-state index contributed by atoms with van der Waals surface area (Å²) in [6, 6.07) is 0.0741. The van der Waals surface area contributed by atoms with Crippen molar-refractivity contribution in [2.75, 3.05) is 7.11 Å². The quantitative estimate of drug-likeness (QED) is 0.814. The number of rotatable bonds is 5. The first kappa shape index (κ1) is 16.3. The van der Waals surface area contributed by atoms with Gasteiger partial charge >= 0.3 is 5.97 Å². The molecule has 5 heteroatoms. The maximum absolute atomic E-state index is 12.5. The van der Waals surface area contributed by atoms with Gasteiger partial charge in [0.2, 0.25) is 5.91 Å². The number of aliphatic carboxylic acids is 1. The maximum atomic E-state index is 12.5. The minimum Gasteiger partial charge on any atom is -0.481 e. The molecule has 0 aromatic heterocycles. The van der Waals surface area contributed by atoms with Crippen molar-refractivity contribution in [1.29, 1.82) is 0 Å². The predicted octanol–water partition coefficient (Wildman–Crippen LogP) is 2.05. The van der Waals surface area contributed by atoms with Gasteiger partial charge in [-0.05, 0) is 25.2 Å². The van der Waals surface area contributed by atoms with Crippen LogP contribution in [0.2, 0.25) is 0 Å². The first-order valence-corrected chi connectivity index (χ1v) is 7.87. The van der Waals surface area contributed by atoms with Crippen LogP contribution in [0.5, 0.6) is 0 Å². The third kappa shape index (κ3) is 2.93. The van der Waals surface area contributed by atoms with E-state index in [1.165, 1.54) is 0 Å². The summed E-state index contributed by atoms with van der Waals surface area (Å²) in [6.45, 7) is 6.21. The van der Waals surface area contributed by atoms with E-state index in [1.807, 2.05) is 0 Å². The van der Waals surface area contributed by atoms with Gasteiger partial charge in [0.1, 0.15) is 0 Å². The van der Waals surface area contributed by atoms with E-state index in [9.17, 15) is 14.7 Å². The Kier molecular flexibility index (Phi) is 4.61. The van der Waals surface area contributed by atoms with Crippen LogP contribution < -0.4 is 5.32 Å². The van der Waals surface area contributed by atoms with Crippen molar-refractivity contribution in [3.05, 3.63) is 0 Å². The zero-order valence-electron chi connectivity index (χ0n) is 13.4. The summed E-state index contributed by atoms with van der Waals surface area (Å²) in [5.41, 5.74) is -0.0914. The SMILES string of the molecule is CCC1CC(C(=O)O)C(C(=O)NC2CC(OC)C2(C)C)C1. The largest absolute Gasteiger partial charge is 0.481 e. The van der Waals surface area contributed by atoms with Crippen LogP contribution in [0.15, 0.2) is 0 Å². The minimum absolute atomic E-state index is 0.0741. The standard InChI is InChI=1S/C16H27NO4/c1-5-9-6-10(11(7-9)15(19)20)14(18)17-12-8-13(21-4)16(12,2)3/h9-13H,5-8H2,1-4H3,(H,17,18)(H,19,20). The number of nitrogens with one attached hydrogen (secondary N) is 1. The molecule has 5 nitrogen and oxygen atoms in total. The average molecular weight is 297 g/mol. The molecule has 0 saturated heterocycles. The van der Waals surface area contributed by atoms with Gasteiger partial charge in [-0.2, -0.15) is 0 Å². The Bertz CT molecular complexity index is 421. The van der Waals surface area contributed by atoms with E-state index in [2.05, 4.69) is 26.1 Å². The number of carboxylic acids is 1. The van der Waals surface area contributed by atoms with Crippen molar-refractivity contribution in [3.63, 3.8) is 0 Å². The molecule has 0 spiro atoms. The van der Waals surface area contributed by atoms with E-state index in [-0.39, 0.29) is 29.4 Å². The summed E-state index contributed by atoms with van der Waals surface area (Å²) >= 11 is 0. The highest BCUT2D eigenvalue weighted by Crippen LogP contribution is 2.44. The molecule has 2 N–H and O–H groups in total. The molecule has 0 bridgehead atoms. The Balaban J connectivity index is 1.98. The molecule has 2 aliphatic rings. The molecule has 120 valence electrons. The molecular formula is C16H27NO4. The fourth-order valence-electron chi connectivity index (χ4n) is 3.85. The highest BCUT2D eigenvalue weighted by molar-refractivity contribution is 5.85. The lowest BCUT2D eigenvalue weighted by molar-refractivity contribution is -0.148. The molecule has 5 atom stereocenters. The van der Waals surface area contributed by atoms with Crippen LogP contribution >= 0.6 is 0 Å². The summed E-state index contributed by atoms with van der Waals surface area (Å²) in [5.74, 6) is -1.50. The molecule has 2 saturated carbocycles. The van der Waals surface area contributed by atoms with Crippen LogP contribution in [-0.4, -0.2) is 36.2 Å². The second-order valence-corrected chi connectivity index (χ2v) is 7.14. The van der Waals surface area contributed by atoms with E-state index < -0.39 is 11.9 Å². The average Bonchev–Trinajstić information content (AvgIpc) is 2.87. The van der Waals surface area contributed by atoms with Gasteiger partial charge in [-0.15, -0.1) is 0 Å². The Morgan fingerprint density at radius 1 is 1.24 bits per heavy atom. The van der Waals surface area contributed by atoms with Crippen molar-refractivity contribution in [2.24, 2.45) is 23.2 Å². The molecule has 5 unspecified atom stereocenters. The fourth-order valence-corrected chi connectivity index (χ4v) is 3.85. The van der Waals surface area contributed by atoms with Crippen LogP contribution in [0.25, 0.3) is 0 Å². The lowest BCUT2D eigenvalue weighted by atomic mass is 9.64. The van der Waals surface area contributed by atoms with Gasteiger partial charge in [-0.1, -0.05) is 27.2 Å². The Hall–Kier alpha value is -1.10. The van der Waals surface area contributed by atoms with E-state index in [0.29, 0.717) is 18.8 Å². The molecule has 0 aromatic rings. The van der Waals surface area contributed by atoms with E-state index in [4.69, 9.17) is 4.74 Å². The molecule has 2 fully saturated rings. The van der Waals surface area contributed by atoms with Crippen molar-refractivity contribution in [1.82, 2.24) is 5.32 Å². The molecular weight excluding hydrogens is 270 g/mol. The molecule has 0 aliphatic heterocycles. The number of ether oxygens (including phenoxy) is 1. The van der Waals surface area contributed by atoms with Gasteiger partial charge in [-0.3, -0.25) is 9.59 Å². The molecule has 21 heavy (non-hydrogen) atoms. The number of carbonyl (C=O) groups is 2. The molecule has 0 heterocycles. The number of hydrogen-bond donors (Lipinski definition) is 2. The van der Waals surface area contributed by atoms with Crippen LogP contribution in [0.1, 0.15) is 46.5 Å². The topological polar surface area (TPSA) is 75.6 Å². The zero-order valence-corrected chi connectivity index (χ0v) is 13.4. The molecule has 0 aromatic carbocycles. The smallest absolute Gasteiger partial charge is 0.307 e. The van der Waals surface area contributed by atoms with Gasteiger partial charge in [0, 0.05) is 18.6 Å². The van der Waals surface area contributed by atoms with Gasteiger partial charge in [0.25, 0.3) is 0 Å². The number of carbonyl (C=O) groups excluding carboxylic acids is 1. The Morgan fingerprint density at radius 2 is 1.86 bits per heavy atom. The third-order valence-corrected chi connectivity index (χ3v) is 5.67. The number of methoxy groups -OCH3 is 1. The number of carboxylic acid groups (broad SMARTS) is 1. The summed E-state index contributed by atoms with van der Waals surface area (Å²) in [7, 11) is 1.69. The monoisotopic (exact) mass is 297 g/mol. The first-order valence-electron chi connectivity index (χ1n) is 7.87. The fraction of sp³-hybridized carbons (Fsp3) is 0.875. The second-order valence-electron chi connectivity index (χ2n) is 7.14. The van der Waals surface area contributed by atoms with E-state index >= 15 is 0 Å². The summed E-state index contributed by atoms with van der Waals surface area (Å²) in [4.78, 5) is 23.9. The van der Waals surface area contributed by atoms with Crippen molar-refractivity contribution in [2.45, 2.75) is 58.6 Å². The van der Waals surface area contributed by atoms with Gasteiger partial charge < -0.3 is 15.2 Å². The van der Waals surface area contributed by atoms with E-state index in [0.717, 1.165) is 12.8 Å². The Morgan fingerprint density at radius 3 is 2.33 bits per heavy atom. The van der Waals surface area contributed by atoms with Gasteiger partial charge in [0.15, 0.2) is 0 Å². The second kappa shape index (κ2) is 5.95. The van der Waals surface area contributed by atoms with Crippen LogP contribution in [-0.2, 0) is 14.3 Å². The highest BCUT2D eigenvalue weighted by atomic mass is 16.5. The van der Waals surface area contributed by atoms with Crippen molar-refractivity contribution in [3.8, 4) is 0 Å². The first-order chi connectivity index (χ1) is 9.81. The van der Waals surface area contributed by atoms with Crippen LogP contribution in [0.4, 0.5) is 0 Å². The zero-order chi connectivity index (χ0) is 15.8. The molecule has 2 rings (SSSR count). The molecule has 1 amide bonds. The number of amides is 1. The molecule has 2 aliphatic carbocycles. The number of hydrogen-bond acceptors (Lipinski definition) is 3. The lowest BCUT2D eigenvalue weighted by Gasteiger charge is -2.51. The summed E-state index contributed by atoms with van der Waals surface area (Å²) < 4.78 is 5.39. The van der Waals surface area contributed by atoms with Gasteiger partial charge in [-0.25, -0.2) is 0 Å². The van der Waals surface area contributed by atoms with Crippen LogP contribution in [0.3, 0.4) is 0 Å². The maximum Gasteiger partial charge on any atom is 0.307 e. The summed E-state index contributed by atoms with van der Waals surface area (Å²) in [5, 5.41) is 12.4. The van der Waals surface area contributed by atoms with E-state index in [1.54, 1.807) is 7.11 Å². The van der Waals surface area contributed by atoms with Crippen molar-refractivity contribution < 1.29 is 19.4 Å². The van der Waals surface area contributed by atoms with Crippen LogP contribution in [0, 0.1) is 23.2 Å². The third-order valence-electron chi connectivity index (χ3n) is 5.67. The van der Waals surface area contributed by atoms with Gasteiger partial charge in [0.05, 0.1) is 17.9 Å². The normalized spacial score (nSPS) is 37.8. The summed E-state index contributed by atoms with van der Waals surface area (Å²) in [6.07, 6.45) is 3.22.